The lowest BCUT2D eigenvalue weighted by Crippen LogP contribution is -2.05. The molecule has 0 aromatic heterocycles. The van der Waals surface area contributed by atoms with E-state index in [9.17, 15) is 0 Å². The van der Waals surface area contributed by atoms with Crippen molar-refractivity contribution in [1.29, 1.82) is 0 Å². The molecule has 1 heteroatoms. The maximum Gasteiger partial charge on any atom is 0.0395 e. The molecular formula is C13H19N. The van der Waals surface area contributed by atoms with Crippen LogP contribution in [0.25, 0.3) is 0 Å². The SMILES string of the molecule is CCC(=CNCc1ccccc1)CC. The Kier molecular flexibility index (Phi) is 4.84. The molecule has 0 aliphatic rings. The predicted octanol–water partition coefficient (Wildman–Crippen LogP) is 3.48. The van der Waals surface area contributed by atoms with Crippen molar-refractivity contribution in [1.82, 2.24) is 5.32 Å². The van der Waals surface area contributed by atoms with Crippen LogP contribution >= 0.6 is 0 Å². The summed E-state index contributed by atoms with van der Waals surface area (Å²) in [6.45, 7) is 5.31. The highest BCUT2D eigenvalue weighted by Crippen LogP contribution is 2.04. The van der Waals surface area contributed by atoms with E-state index in [0.29, 0.717) is 0 Å². The first-order chi connectivity index (χ1) is 6.86. The van der Waals surface area contributed by atoms with Crippen LogP contribution in [0.3, 0.4) is 0 Å². The maximum absolute atomic E-state index is 3.34. The van der Waals surface area contributed by atoms with Crippen molar-refractivity contribution >= 4 is 0 Å². The monoisotopic (exact) mass is 189 g/mol. The van der Waals surface area contributed by atoms with Crippen molar-refractivity contribution in [2.45, 2.75) is 33.2 Å². The molecule has 1 rings (SSSR count). The highest BCUT2D eigenvalue weighted by molar-refractivity contribution is 5.15. The number of allylic oxidation sites excluding steroid dienone is 1. The average Bonchev–Trinajstić information content (AvgIpc) is 2.26. The summed E-state index contributed by atoms with van der Waals surface area (Å²) in [7, 11) is 0. The first-order valence-electron chi connectivity index (χ1n) is 5.32. The Labute approximate surface area is 86.8 Å². The minimum absolute atomic E-state index is 0.921. The average molecular weight is 189 g/mol. The number of nitrogens with one attached hydrogen (secondary N) is 1. The Balaban J connectivity index is 2.38. The molecule has 1 nitrogen and oxygen atoms in total. The summed E-state index contributed by atoms with van der Waals surface area (Å²) in [6, 6.07) is 10.5. The molecule has 0 spiro atoms. The van der Waals surface area contributed by atoms with Gasteiger partial charge in [-0.15, -0.1) is 0 Å². The number of benzene rings is 1. The van der Waals surface area contributed by atoms with Crippen molar-refractivity contribution in [3.63, 3.8) is 0 Å². The molecule has 0 aliphatic carbocycles. The van der Waals surface area contributed by atoms with Crippen LogP contribution in [0.2, 0.25) is 0 Å². The quantitative estimate of drug-likeness (QED) is 0.747. The molecular weight excluding hydrogens is 170 g/mol. The summed E-state index contributed by atoms with van der Waals surface area (Å²) in [5.74, 6) is 0. The number of hydrogen-bond acceptors (Lipinski definition) is 1. The minimum Gasteiger partial charge on any atom is -0.387 e. The molecule has 1 aromatic carbocycles. The predicted molar refractivity (Wildman–Crippen MR) is 61.9 cm³/mol. The van der Waals surface area contributed by atoms with Crippen LogP contribution in [-0.4, -0.2) is 0 Å². The van der Waals surface area contributed by atoms with Gasteiger partial charge >= 0.3 is 0 Å². The van der Waals surface area contributed by atoms with Gasteiger partial charge in [0.15, 0.2) is 0 Å². The summed E-state index contributed by atoms with van der Waals surface area (Å²) in [4.78, 5) is 0. The van der Waals surface area contributed by atoms with Crippen LogP contribution in [0, 0.1) is 0 Å². The molecule has 0 atom stereocenters. The Morgan fingerprint density at radius 2 is 1.79 bits per heavy atom. The molecule has 76 valence electrons. The Morgan fingerprint density at radius 1 is 1.14 bits per heavy atom. The fraction of sp³-hybridized carbons (Fsp3) is 0.385. The molecule has 1 aromatic rings. The van der Waals surface area contributed by atoms with Crippen LogP contribution in [0.5, 0.6) is 0 Å². The smallest absolute Gasteiger partial charge is 0.0395 e. The molecule has 1 N–H and O–H groups in total. The van der Waals surface area contributed by atoms with Gasteiger partial charge in [0.25, 0.3) is 0 Å². The van der Waals surface area contributed by atoms with Gasteiger partial charge in [0.05, 0.1) is 0 Å². The standard InChI is InChI=1S/C13H19N/c1-3-12(4-2)10-14-11-13-8-6-5-7-9-13/h5-10,14H,3-4,11H2,1-2H3. The Morgan fingerprint density at radius 3 is 2.36 bits per heavy atom. The molecule has 0 unspecified atom stereocenters. The summed E-state index contributed by atoms with van der Waals surface area (Å²) < 4.78 is 0. The third kappa shape index (κ3) is 3.65. The first kappa shape index (κ1) is 10.8. The molecule has 0 radical (unpaired) electrons. The van der Waals surface area contributed by atoms with E-state index in [1.807, 2.05) is 6.07 Å². The number of rotatable bonds is 5. The molecule has 0 amide bonds. The van der Waals surface area contributed by atoms with E-state index in [-0.39, 0.29) is 0 Å². The molecule has 0 heterocycles. The second-order valence-corrected chi connectivity index (χ2v) is 3.38. The van der Waals surface area contributed by atoms with Crippen LogP contribution in [0.4, 0.5) is 0 Å². The maximum atomic E-state index is 3.34. The molecule has 0 saturated heterocycles. The van der Waals surface area contributed by atoms with E-state index in [2.05, 4.69) is 49.6 Å². The first-order valence-corrected chi connectivity index (χ1v) is 5.32. The van der Waals surface area contributed by atoms with Crippen LogP contribution in [-0.2, 0) is 6.54 Å². The highest BCUT2D eigenvalue weighted by atomic mass is 14.8. The van der Waals surface area contributed by atoms with Crippen molar-refractivity contribution in [3.05, 3.63) is 47.7 Å². The van der Waals surface area contributed by atoms with Gasteiger partial charge in [-0.3, -0.25) is 0 Å². The lowest BCUT2D eigenvalue weighted by atomic mass is 10.2. The third-order valence-corrected chi connectivity index (χ3v) is 2.36. The van der Waals surface area contributed by atoms with E-state index in [1.165, 1.54) is 11.1 Å². The van der Waals surface area contributed by atoms with Gasteiger partial charge in [-0.1, -0.05) is 49.8 Å². The van der Waals surface area contributed by atoms with Gasteiger partial charge in [-0.25, -0.2) is 0 Å². The van der Waals surface area contributed by atoms with Crippen LogP contribution in [0.15, 0.2) is 42.1 Å². The summed E-state index contributed by atoms with van der Waals surface area (Å²) in [6.07, 6.45) is 4.42. The zero-order chi connectivity index (χ0) is 10.2. The summed E-state index contributed by atoms with van der Waals surface area (Å²) in [5.41, 5.74) is 2.80. The fourth-order valence-electron chi connectivity index (χ4n) is 1.36. The second kappa shape index (κ2) is 6.25. The molecule has 0 aliphatic heterocycles. The van der Waals surface area contributed by atoms with Gasteiger partial charge in [-0.05, 0) is 24.6 Å². The van der Waals surface area contributed by atoms with Crippen LogP contribution in [0.1, 0.15) is 32.3 Å². The van der Waals surface area contributed by atoms with E-state index in [0.717, 1.165) is 19.4 Å². The second-order valence-electron chi connectivity index (χ2n) is 3.38. The summed E-state index contributed by atoms with van der Waals surface area (Å²) >= 11 is 0. The zero-order valence-electron chi connectivity index (χ0n) is 9.09. The van der Waals surface area contributed by atoms with E-state index >= 15 is 0 Å². The summed E-state index contributed by atoms with van der Waals surface area (Å²) in [5, 5.41) is 3.34. The normalized spacial score (nSPS) is 9.57. The minimum atomic E-state index is 0.921. The molecule has 0 fully saturated rings. The van der Waals surface area contributed by atoms with Gasteiger partial charge in [0.1, 0.15) is 0 Å². The fourth-order valence-corrected chi connectivity index (χ4v) is 1.36. The topological polar surface area (TPSA) is 12.0 Å². The highest BCUT2D eigenvalue weighted by Gasteiger charge is 1.90. The van der Waals surface area contributed by atoms with Crippen molar-refractivity contribution < 1.29 is 0 Å². The zero-order valence-corrected chi connectivity index (χ0v) is 9.09. The van der Waals surface area contributed by atoms with Crippen LogP contribution < -0.4 is 5.32 Å². The van der Waals surface area contributed by atoms with Gasteiger partial charge in [0.2, 0.25) is 0 Å². The molecule has 14 heavy (non-hydrogen) atoms. The Bertz CT molecular complexity index is 269. The van der Waals surface area contributed by atoms with Gasteiger partial charge in [0, 0.05) is 6.54 Å². The third-order valence-electron chi connectivity index (χ3n) is 2.36. The lowest BCUT2D eigenvalue weighted by Gasteiger charge is -2.04. The van der Waals surface area contributed by atoms with Crippen molar-refractivity contribution in [2.75, 3.05) is 0 Å². The van der Waals surface area contributed by atoms with E-state index in [4.69, 9.17) is 0 Å². The largest absolute Gasteiger partial charge is 0.387 e. The van der Waals surface area contributed by atoms with E-state index in [1.54, 1.807) is 0 Å². The van der Waals surface area contributed by atoms with E-state index < -0.39 is 0 Å². The van der Waals surface area contributed by atoms with Gasteiger partial charge < -0.3 is 5.32 Å². The van der Waals surface area contributed by atoms with Crippen molar-refractivity contribution in [2.24, 2.45) is 0 Å². The lowest BCUT2D eigenvalue weighted by molar-refractivity contribution is 0.834. The number of hydrogen-bond donors (Lipinski definition) is 1. The Hall–Kier alpha value is -1.24. The molecule has 0 bridgehead atoms. The van der Waals surface area contributed by atoms with Crippen molar-refractivity contribution in [3.8, 4) is 0 Å². The molecule has 0 saturated carbocycles. The van der Waals surface area contributed by atoms with Gasteiger partial charge in [-0.2, -0.15) is 0 Å².